The second-order valence-electron chi connectivity index (χ2n) is 4.29. The molecule has 1 aliphatic carbocycles. The zero-order chi connectivity index (χ0) is 11.4. The van der Waals surface area contributed by atoms with Gasteiger partial charge in [-0.1, -0.05) is 30.5 Å². The van der Waals surface area contributed by atoms with Crippen LogP contribution in [0.5, 0.6) is 5.75 Å². The van der Waals surface area contributed by atoms with Crippen molar-refractivity contribution in [3.8, 4) is 5.75 Å². The predicted octanol–water partition coefficient (Wildman–Crippen LogP) is 3.83. The van der Waals surface area contributed by atoms with E-state index in [4.69, 9.17) is 16.3 Å². The van der Waals surface area contributed by atoms with E-state index >= 15 is 0 Å². The highest BCUT2D eigenvalue weighted by Crippen LogP contribution is 2.28. The van der Waals surface area contributed by atoms with Gasteiger partial charge in [-0.25, -0.2) is 0 Å². The molecule has 16 heavy (non-hydrogen) atoms. The Labute approximate surface area is 101 Å². The maximum atomic E-state index is 11.6. The maximum Gasteiger partial charge on any atom is 0.311 e. The van der Waals surface area contributed by atoms with Crippen LogP contribution in [0.15, 0.2) is 24.3 Å². The first-order valence-electron chi connectivity index (χ1n) is 5.70. The highest BCUT2D eigenvalue weighted by Gasteiger charge is 2.19. The Balaban J connectivity index is 1.86. The van der Waals surface area contributed by atoms with Crippen molar-refractivity contribution in [2.24, 2.45) is 5.92 Å². The molecule has 0 aliphatic heterocycles. The Hall–Kier alpha value is -1.02. The van der Waals surface area contributed by atoms with Gasteiger partial charge in [0.05, 0.1) is 0 Å². The van der Waals surface area contributed by atoms with E-state index in [1.54, 1.807) is 24.3 Å². The van der Waals surface area contributed by atoms with Crippen LogP contribution in [0, 0.1) is 5.92 Å². The van der Waals surface area contributed by atoms with Crippen molar-refractivity contribution in [3.05, 3.63) is 29.3 Å². The molecule has 0 amide bonds. The molecule has 1 saturated carbocycles. The van der Waals surface area contributed by atoms with Gasteiger partial charge in [0.1, 0.15) is 5.75 Å². The lowest BCUT2D eigenvalue weighted by Crippen LogP contribution is -2.12. The summed E-state index contributed by atoms with van der Waals surface area (Å²) in [5.41, 5.74) is 0. The van der Waals surface area contributed by atoms with Gasteiger partial charge in [-0.15, -0.1) is 0 Å². The molecule has 2 rings (SSSR count). The Kier molecular flexibility index (Phi) is 3.83. The average molecular weight is 239 g/mol. The van der Waals surface area contributed by atoms with E-state index < -0.39 is 0 Å². The van der Waals surface area contributed by atoms with Crippen molar-refractivity contribution in [2.45, 2.75) is 32.1 Å². The molecule has 0 spiro atoms. The lowest BCUT2D eigenvalue weighted by molar-refractivity contribution is -0.135. The summed E-state index contributed by atoms with van der Waals surface area (Å²) < 4.78 is 5.23. The molecule has 0 saturated heterocycles. The van der Waals surface area contributed by atoms with Crippen LogP contribution in [0.4, 0.5) is 0 Å². The fourth-order valence-corrected chi connectivity index (χ4v) is 2.33. The van der Waals surface area contributed by atoms with Crippen LogP contribution < -0.4 is 4.74 Å². The molecule has 1 aromatic rings. The van der Waals surface area contributed by atoms with Gasteiger partial charge in [-0.2, -0.15) is 0 Å². The first-order valence-corrected chi connectivity index (χ1v) is 6.08. The van der Waals surface area contributed by atoms with Crippen molar-refractivity contribution in [1.82, 2.24) is 0 Å². The summed E-state index contributed by atoms with van der Waals surface area (Å²) in [6.07, 6.45) is 5.34. The molecule has 2 nitrogen and oxygen atoms in total. The molecule has 1 aromatic carbocycles. The lowest BCUT2D eigenvalue weighted by Gasteiger charge is -2.08. The molecule has 1 aliphatic rings. The van der Waals surface area contributed by atoms with E-state index in [0.717, 1.165) is 12.8 Å². The molecule has 0 heterocycles. The number of hydrogen-bond donors (Lipinski definition) is 0. The molecular formula is C13H15ClO2. The normalized spacial score (nSPS) is 16.3. The second kappa shape index (κ2) is 5.35. The summed E-state index contributed by atoms with van der Waals surface area (Å²) in [5, 5.41) is 0.589. The number of carbonyl (C=O) groups is 1. The predicted molar refractivity (Wildman–Crippen MR) is 63.7 cm³/mol. The van der Waals surface area contributed by atoms with E-state index in [1.807, 2.05) is 0 Å². The topological polar surface area (TPSA) is 26.3 Å². The van der Waals surface area contributed by atoms with E-state index in [1.165, 1.54) is 12.8 Å². The number of carbonyl (C=O) groups excluding carboxylic acids is 1. The monoisotopic (exact) mass is 238 g/mol. The maximum absolute atomic E-state index is 11.6. The molecule has 0 radical (unpaired) electrons. The zero-order valence-electron chi connectivity index (χ0n) is 9.12. The van der Waals surface area contributed by atoms with Gasteiger partial charge >= 0.3 is 5.97 Å². The van der Waals surface area contributed by atoms with Crippen LogP contribution >= 0.6 is 11.6 Å². The Bertz CT molecular complexity index is 370. The smallest absolute Gasteiger partial charge is 0.311 e. The number of hydrogen-bond acceptors (Lipinski definition) is 2. The number of ether oxygens (including phenoxy) is 1. The van der Waals surface area contributed by atoms with Crippen molar-refractivity contribution in [3.63, 3.8) is 0 Å². The van der Waals surface area contributed by atoms with Gasteiger partial charge < -0.3 is 4.74 Å². The minimum Gasteiger partial charge on any atom is -0.426 e. The van der Waals surface area contributed by atoms with Gasteiger partial charge in [0, 0.05) is 11.4 Å². The summed E-state index contributed by atoms with van der Waals surface area (Å²) in [4.78, 5) is 11.6. The van der Waals surface area contributed by atoms with Crippen LogP contribution in [-0.2, 0) is 4.79 Å². The van der Waals surface area contributed by atoms with Crippen LogP contribution in [0.3, 0.4) is 0 Å². The average Bonchev–Trinajstić information content (AvgIpc) is 2.70. The Morgan fingerprint density at radius 3 is 2.81 bits per heavy atom. The summed E-state index contributed by atoms with van der Waals surface area (Å²) in [6, 6.07) is 6.95. The summed E-state index contributed by atoms with van der Waals surface area (Å²) in [5.74, 6) is 0.913. The van der Waals surface area contributed by atoms with Crippen LogP contribution in [-0.4, -0.2) is 5.97 Å². The number of rotatable bonds is 3. The quantitative estimate of drug-likeness (QED) is 0.591. The number of benzene rings is 1. The SMILES string of the molecule is O=C(CC1CCCC1)Oc1cccc(Cl)c1. The molecule has 3 heteroatoms. The summed E-state index contributed by atoms with van der Waals surface area (Å²) in [6.45, 7) is 0. The highest BCUT2D eigenvalue weighted by atomic mass is 35.5. The van der Waals surface area contributed by atoms with Gasteiger partial charge in [0.2, 0.25) is 0 Å². The van der Waals surface area contributed by atoms with Gasteiger partial charge in [0.25, 0.3) is 0 Å². The van der Waals surface area contributed by atoms with Crippen LogP contribution in [0.25, 0.3) is 0 Å². The number of esters is 1. The van der Waals surface area contributed by atoms with Gasteiger partial charge in [-0.3, -0.25) is 4.79 Å². The standard InChI is InChI=1S/C13H15ClO2/c14-11-6-3-7-12(9-11)16-13(15)8-10-4-1-2-5-10/h3,6-7,9-10H,1-2,4-5,8H2. The Morgan fingerprint density at radius 1 is 1.38 bits per heavy atom. The van der Waals surface area contributed by atoms with Crippen molar-refractivity contribution in [1.29, 1.82) is 0 Å². The summed E-state index contributed by atoms with van der Waals surface area (Å²) in [7, 11) is 0. The first kappa shape index (κ1) is 11.5. The lowest BCUT2D eigenvalue weighted by atomic mass is 10.0. The van der Waals surface area contributed by atoms with Gasteiger partial charge in [-0.05, 0) is 37.0 Å². The third-order valence-electron chi connectivity index (χ3n) is 2.96. The van der Waals surface area contributed by atoms with Crippen molar-refractivity contribution in [2.75, 3.05) is 0 Å². The van der Waals surface area contributed by atoms with Crippen LogP contribution in [0.2, 0.25) is 5.02 Å². The molecule has 86 valence electrons. The first-order chi connectivity index (χ1) is 7.74. The summed E-state index contributed by atoms with van der Waals surface area (Å²) >= 11 is 5.81. The number of halogens is 1. The largest absolute Gasteiger partial charge is 0.426 e. The van der Waals surface area contributed by atoms with E-state index in [2.05, 4.69) is 0 Å². The Morgan fingerprint density at radius 2 is 2.12 bits per heavy atom. The zero-order valence-corrected chi connectivity index (χ0v) is 9.87. The fourth-order valence-electron chi connectivity index (χ4n) is 2.15. The minimum atomic E-state index is -0.144. The fraction of sp³-hybridized carbons (Fsp3) is 0.462. The van der Waals surface area contributed by atoms with E-state index in [-0.39, 0.29) is 5.97 Å². The molecule has 0 bridgehead atoms. The van der Waals surface area contributed by atoms with Crippen molar-refractivity contribution >= 4 is 17.6 Å². The second-order valence-corrected chi connectivity index (χ2v) is 4.72. The van der Waals surface area contributed by atoms with Crippen LogP contribution in [0.1, 0.15) is 32.1 Å². The van der Waals surface area contributed by atoms with Crippen molar-refractivity contribution < 1.29 is 9.53 Å². The molecule has 0 atom stereocenters. The third kappa shape index (κ3) is 3.24. The third-order valence-corrected chi connectivity index (χ3v) is 3.19. The molecular weight excluding hydrogens is 224 g/mol. The highest BCUT2D eigenvalue weighted by molar-refractivity contribution is 6.30. The molecule has 0 unspecified atom stereocenters. The van der Waals surface area contributed by atoms with Gasteiger partial charge in [0.15, 0.2) is 0 Å². The minimum absolute atomic E-state index is 0.144. The molecule has 0 aromatic heterocycles. The van der Waals surface area contributed by atoms with E-state index in [0.29, 0.717) is 23.1 Å². The molecule has 1 fully saturated rings. The molecule has 0 N–H and O–H groups in total. The van der Waals surface area contributed by atoms with E-state index in [9.17, 15) is 4.79 Å².